The zero-order valence-corrected chi connectivity index (χ0v) is 12.1. The Bertz CT molecular complexity index is 480. The van der Waals surface area contributed by atoms with Crippen LogP contribution < -0.4 is 5.32 Å². The Balaban J connectivity index is 1.80. The molecule has 1 heterocycles. The summed E-state index contributed by atoms with van der Waals surface area (Å²) in [5.74, 6) is 1.29. The van der Waals surface area contributed by atoms with Gasteiger partial charge in [-0.2, -0.15) is 0 Å². The first-order valence-electron chi connectivity index (χ1n) is 7.27. The van der Waals surface area contributed by atoms with Crippen LogP contribution in [0.2, 0.25) is 0 Å². The number of nitrogens with one attached hydrogen (secondary N) is 1. The summed E-state index contributed by atoms with van der Waals surface area (Å²) in [4.78, 5) is 7.18. The Labute approximate surface area is 115 Å². The van der Waals surface area contributed by atoms with E-state index in [-0.39, 0.29) is 6.29 Å². The molecule has 3 nitrogen and oxygen atoms in total. The van der Waals surface area contributed by atoms with Crippen LogP contribution in [0.4, 0.5) is 0 Å². The van der Waals surface area contributed by atoms with E-state index >= 15 is 0 Å². The molecule has 0 radical (unpaired) electrons. The molecule has 0 spiro atoms. The summed E-state index contributed by atoms with van der Waals surface area (Å²) in [7, 11) is 2.14. The number of nitrogens with zero attached hydrogens (tertiary/aromatic N) is 2. The van der Waals surface area contributed by atoms with Gasteiger partial charge in [0.25, 0.3) is 0 Å². The summed E-state index contributed by atoms with van der Waals surface area (Å²) >= 11 is 0. The SMILES string of the molecule is CC1=CC(C2CC2)=NC(N(C)C2=CC=CCC2C)N1. The number of hydrogen-bond donors (Lipinski definition) is 1. The lowest BCUT2D eigenvalue weighted by molar-refractivity contribution is 0.251. The van der Waals surface area contributed by atoms with Gasteiger partial charge in [0.15, 0.2) is 6.29 Å². The third-order valence-electron chi connectivity index (χ3n) is 4.16. The lowest BCUT2D eigenvalue weighted by Gasteiger charge is -2.36. The Morgan fingerprint density at radius 1 is 1.37 bits per heavy atom. The smallest absolute Gasteiger partial charge is 0.196 e. The molecule has 3 heteroatoms. The molecule has 1 aliphatic heterocycles. The number of allylic oxidation sites excluding steroid dienone is 6. The normalized spacial score (nSPS) is 30.2. The van der Waals surface area contributed by atoms with Gasteiger partial charge in [-0.25, -0.2) is 4.99 Å². The number of rotatable bonds is 3. The van der Waals surface area contributed by atoms with Crippen molar-refractivity contribution in [2.45, 2.75) is 39.4 Å². The molecule has 0 aromatic rings. The van der Waals surface area contributed by atoms with Crippen molar-refractivity contribution in [1.82, 2.24) is 10.2 Å². The molecule has 2 unspecified atom stereocenters. The van der Waals surface area contributed by atoms with Crippen LogP contribution in [0.3, 0.4) is 0 Å². The first-order chi connectivity index (χ1) is 9.15. The van der Waals surface area contributed by atoms with Gasteiger partial charge in [-0.05, 0) is 44.3 Å². The quantitative estimate of drug-likeness (QED) is 0.841. The van der Waals surface area contributed by atoms with E-state index in [1.807, 2.05) is 0 Å². The molecule has 1 fully saturated rings. The van der Waals surface area contributed by atoms with Crippen molar-refractivity contribution in [1.29, 1.82) is 0 Å². The molecule has 1 N–H and O–H groups in total. The summed E-state index contributed by atoms with van der Waals surface area (Å²) in [6.07, 6.45) is 12.6. The molecule has 0 aromatic heterocycles. The monoisotopic (exact) mass is 257 g/mol. The van der Waals surface area contributed by atoms with Gasteiger partial charge in [-0.3, -0.25) is 0 Å². The predicted octanol–water partition coefficient (Wildman–Crippen LogP) is 3.04. The van der Waals surface area contributed by atoms with Gasteiger partial charge in [-0.15, -0.1) is 0 Å². The molecule has 0 saturated heterocycles. The Hall–Kier alpha value is -1.51. The zero-order chi connectivity index (χ0) is 13.4. The molecule has 3 rings (SSSR count). The Morgan fingerprint density at radius 3 is 2.84 bits per heavy atom. The van der Waals surface area contributed by atoms with Crippen molar-refractivity contribution >= 4 is 5.71 Å². The van der Waals surface area contributed by atoms with Crippen molar-refractivity contribution in [3.8, 4) is 0 Å². The fraction of sp³-hybridized carbons (Fsp3) is 0.562. The average Bonchev–Trinajstić information content (AvgIpc) is 3.22. The number of aliphatic imine (C=N–C) groups is 1. The van der Waals surface area contributed by atoms with Gasteiger partial charge in [0, 0.05) is 30.1 Å². The van der Waals surface area contributed by atoms with Gasteiger partial charge < -0.3 is 10.2 Å². The zero-order valence-electron chi connectivity index (χ0n) is 12.1. The van der Waals surface area contributed by atoms with Crippen LogP contribution in [0.5, 0.6) is 0 Å². The Morgan fingerprint density at radius 2 is 2.16 bits per heavy atom. The van der Waals surface area contributed by atoms with Gasteiger partial charge in [0.2, 0.25) is 0 Å². The first-order valence-corrected chi connectivity index (χ1v) is 7.27. The number of hydrogen-bond acceptors (Lipinski definition) is 3. The molecule has 0 aromatic carbocycles. The lowest BCUT2D eigenvalue weighted by atomic mass is 9.98. The topological polar surface area (TPSA) is 27.6 Å². The standard InChI is InChI=1S/C16H23N3/c1-11-6-4-5-7-15(11)19(3)16-17-12(2)10-14(18-16)13-8-9-13/h4-5,7,10-11,13,16-17H,6,8-9H2,1-3H3. The second-order valence-corrected chi connectivity index (χ2v) is 5.94. The van der Waals surface area contributed by atoms with Crippen molar-refractivity contribution in [3.63, 3.8) is 0 Å². The molecular weight excluding hydrogens is 234 g/mol. The van der Waals surface area contributed by atoms with Crippen LogP contribution in [0.1, 0.15) is 33.1 Å². The van der Waals surface area contributed by atoms with Crippen molar-refractivity contribution in [2.24, 2.45) is 16.8 Å². The van der Waals surface area contributed by atoms with Gasteiger partial charge in [0.1, 0.15) is 0 Å². The third kappa shape index (κ3) is 2.60. The summed E-state index contributed by atoms with van der Waals surface area (Å²) < 4.78 is 0. The summed E-state index contributed by atoms with van der Waals surface area (Å²) in [6, 6.07) is 0. The van der Waals surface area contributed by atoms with Gasteiger partial charge >= 0.3 is 0 Å². The maximum Gasteiger partial charge on any atom is 0.196 e. The molecular formula is C16H23N3. The minimum atomic E-state index is 0.0563. The molecule has 3 aliphatic rings. The van der Waals surface area contributed by atoms with Crippen LogP contribution in [-0.2, 0) is 0 Å². The maximum absolute atomic E-state index is 4.89. The van der Waals surface area contributed by atoms with E-state index in [0.717, 1.165) is 6.42 Å². The molecule has 0 amide bonds. The molecule has 1 saturated carbocycles. The largest absolute Gasteiger partial charge is 0.350 e. The summed E-state index contributed by atoms with van der Waals surface area (Å²) in [5, 5.41) is 3.48. The van der Waals surface area contributed by atoms with Crippen LogP contribution in [0.15, 0.2) is 40.7 Å². The molecule has 2 aliphatic carbocycles. The van der Waals surface area contributed by atoms with E-state index in [1.165, 1.54) is 29.9 Å². The van der Waals surface area contributed by atoms with Crippen LogP contribution in [-0.4, -0.2) is 23.9 Å². The van der Waals surface area contributed by atoms with Crippen molar-refractivity contribution < 1.29 is 0 Å². The molecule has 2 atom stereocenters. The van der Waals surface area contributed by atoms with E-state index in [0.29, 0.717) is 11.8 Å². The van der Waals surface area contributed by atoms with E-state index in [9.17, 15) is 0 Å². The van der Waals surface area contributed by atoms with E-state index in [2.05, 4.69) is 55.4 Å². The molecule has 0 bridgehead atoms. The summed E-state index contributed by atoms with van der Waals surface area (Å²) in [5.41, 5.74) is 3.88. The highest BCUT2D eigenvalue weighted by atomic mass is 15.4. The van der Waals surface area contributed by atoms with Crippen LogP contribution in [0.25, 0.3) is 0 Å². The minimum Gasteiger partial charge on any atom is -0.350 e. The van der Waals surface area contributed by atoms with E-state index in [1.54, 1.807) is 0 Å². The third-order valence-corrected chi connectivity index (χ3v) is 4.16. The molecule has 102 valence electrons. The fourth-order valence-corrected chi connectivity index (χ4v) is 2.80. The van der Waals surface area contributed by atoms with Crippen molar-refractivity contribution in [2.75, 3.05) is 7.05 Å². The minimum absolute atomic E-state index is 0.0563. The average molecular weight is 257 g/mol. The fourth-order valence-electron chi connectivity index (χ4n) is 2.80. The van der Waals surface area contributed by atoms with Gasteiger partial charge in [0.05, 0.1) is 0 Å². The highest BCUT2D eigenvalue weighted by molar-refractivity contribution is 5.99. The predicted molar refractivity (Wildman–Crippen MR) is 79.6 cm³/mol. The van der Waals surface area contributed by atoms with E-state index < -0.39 is 0 Å². The van der Waals surface area contributed by atoms with Crippen molar-refractivity contribution in [3.05, 3.63) is 35.7 Å². The molecule has 19 heavy (non-hydrogen) atoms. The summed E-state index contributed by atoms with van der Waals surface area (Å²) in [6.45, 7) is 4.42. The van der Waals surface area contributed by atoms with Gasteiger partial charge in [-0.1, -0.05) is 19.1 Å². The van der Waals surface area contributed by atoms with Crippen LogP contribution >= 0.6 is 0 Å². The second kappa shape index (κ2) is 4.87. The van der Waals surface area contributed by atoms with E-state index in [4.69, 9.17) is 4.99 Å². The first kappa shape index (κ1) is 12.5. The second-order valence-electron chi connectivity index (χ2n) is 5.94. The highest BCUT2D eigenvalue weighted by Crippen LogP contribution is 2.33. The lowest BCUT2D eigenvalue weighted by Crippen LogP contribution is -2.44. The Kier molecular flexibility index (Phi) is 3.21. The maximum atomic E-state index is 4.89. The highest BCUT2D eigenvalue weighted by Gasteiger charge is 2.30. The van der Waals surface area contributed by atoms with Crippen LogP contribution in [0, 0.1) is 11.8 Å².